The minimum Gasteiger partial charge on any atom is -0.548 e. The molecule has 1 aromatic carbocycles. The minimum atomic E-state index is -1.44. The van der Waals surface area contributed by atoms with Gasteiger partial charge in [-0.15, -0.1) is 0 Å². The van der Waals surface area contributed by atoms with Crippen molar-refractivity contribution in [3.05, 3.63) is 45.7 Å². The summed E-state index contributed by atoms with van der Waals surface area (Å²) in [5.74, 6) is -1.94. The number of amides is 1. The van der Waals surface area contributed by atoms with Crippen LogP contribution in [-0.4, -0.2) is 33.8 Å². The monoisotopic (exact) mass is 406 g/mol. The van der Waals surface area contributed by atoms with Gasteiger partial charge in [-0.1, -0.05) is 23.2 Å². The second-order valence-corrected chi connectivity index (χ2v) is 6.78. The second-order valence-electron chi connectivity index (χ2n) is 5.94. The highest BCUT2D eigenvalue weighted by Crippen LogP contribution is 2.32. The molecule has 8 nitrogen and oxygen atoms in total. The van der Waals surface area contributed by atoms with Crippen LogP contribution in [0.25, 0.3) is 0 Å². The van der Waals surface area contributed by atoms with Gasteiger partial charge >= 0.3 is 0 Å². The highest BCUT2D eigenvalue weighted by atomic mass is 35.5. The Hall–Kier alpha value is -2.71. The number of hydrogen-bond donors (Lipinski definition) is 1. The molecule has 1 atom stereocenters. The second kappa shape index (κ2) is 7.50. The number of anilines is 1. The Kier molecular flexibility index (Phi) is 5.29. The van der Waals surface area contributed by atoms with E-state index in [4.69, 9.17) is 23.2 Å². The quantitative estimate of drug-likeness (QED) is 0.827. The van der Waals surface area contributed by atoms with E-state index >= 15 is 0 Å². The number of aryl methyl sites for hydroxylation is 2. The van der Waals surface area contributed by atoms with Crippen molar-refractivity contribution in [2.45, 2.75) is 26.3 Å². The summed E-state index contributed by atoms with van der Waals surface area (Å²) >= 11 is 12.2. The van der Waals surface area contributed by atoms with Crippen molar-refractivity contribution in [3.63, 3.8) is 0 Å². The maximum absolute atomic E-state index is 12.0. The number of nitrogens with zero attached hydrogens (tertiary/aromatic N) is 4. The zero-order chi connectivity index (χ0) is 19.7. The molecule has 1 fully saturated rings. The Morgan fingerprint density at radius 2 is 1.93 bits per heavy atom. The molecular weight excluding hydrogens is 393 g/mol. The van der Waals surface area contributed by atoms with Crippen LogP contribution in [-0.2, 0) is 9.59 Å². The molecule has 0 bridgehead atoms. The largest absolute Gasteiger partial charge is 0.548 e. The van der Waals surface area contributed by atoms with Gasteiger partial charge in [-0.3, -0.25) is 10.1 Å². The Bertz CT molecular complexity index is 943. The van der Waals surface area contributed by atoms with Crippen molar-refractivity contribution in [2.24, 2.45) is 4.99 Å². The summed E-state index contributed by atoms with van der Waals surface area (Å²) < 4.78 is 0. The predicted octanol–water partition coefficient (Wildman–Crippen LogP) is 1.53. The third-order valence-electron chi connectivity index (χ3n) is 3.79. The van der Waals surface area contributed by atoms with Crippen molar-refractivity contribution in [2.75, 3.05) is 4.90 Å². The minimum absolute atomic E-state index is 0.0605. The maximum Gasteiger partial charge on any atom is 0.253 e. The van der Waals surface area contributed by atoms with E-state index in [1.807, 2.05) is 0 Å². The van der Waals surface area contributed by atoms with Gasteiger partial charge in [0.15, 0.2) is 0 Å². The first-order valence-corrected chi connectivity index (χ1v) is 8.66. The van der Waals surface area contributed by atoms with Crippen LogP contribution in [0.2, 0.25) is 10.0 Å². The number of benzene rings is 1. The average molecular weight is 407 g/mol. The zero-order valence-electron chi connectivity index (χ0n) is 14.4. The van der Waals surface area contributed by atoms with Crippen LogP contribution >= 0.6 is 23.2 Å². The van der Waals surface area contributed by atoms with E-state index in [-0.39, 0.29) is 23.4 Å². The van der Waals surface area contributed by atoms with Crippen LogP contribution in [0.5, 0.6) is 0 Å². The van der Waals surface area contributed by atoms with E-state index in [0.717, 1.165) is 0 Å². The number of carboxylic acid groups (broad SMARTS) is 1. The van der Waals surface area contributed by atoms with Gasteiger partial charge < -0.3 is 14.8 Å². The fraction of sp³-hybridized carbons (Fsp3) is 0.235. The number of guanidine groups is 1. The van der Waals surface area contributed by atoms with Crippen LogP contribution in [0.4, 0.5) is 11.6 Å². The lowest BCUT2D eigenvalue weighted by Crippen LogP contribution is -2.61. The van der Waals surface area contributed by atoms with Crippen LogP contribution in [0, 0.1) is 13.8 Å². The number of nitrogens with one attached hydrogen (secondary N) is 1. The number of carboxylic acids is 1. The van der Waals surface area contributed by atoms with Crippen molar-refractivity contribution < 1.29 is 14.7 Å². The van der Waals surface area contributed by atoms with Gasteiger partial charge in [0.2, 0.25) is 11.9 Å². The zero-order valence-corrected chi connectivity index (χ0v) is 15.9. The Morgan fingerprint density at radius 3 is 2.52 bits per heavy atom. The van der Waals surface area contributed by atoms with E-state index in [1.54, 1.807) is 26.0 Å². The molecule has 0 saturated carbocycles. The van der Waals surface area contributed by atoms with Gasteiger partial charge in [-0.25, -0.2) is 9.97 Å². The van der Waals surface area contributed by atoms with Gasteiger partial charge in [0, 0.05) is 16.4 Å². The summed E-state index contributed by atoms with van der Waals surface area (Å²) in [6.45, 7) is 3.55. The molecule has 0 spiro atoms. The van der Waals surface area contributed by atoms with E-state index in [2.05, 4.69) is 20.3 Å². The highest BCUT2D eigenvalue weighted by Gasteiger charge is 2.34. The molecule has 0 radical (unpaired) electrons. The van der Waals surface area contributed by atoms with Gasteiger partial charge in [0.25, 0.3) is 5.95 Å². The van der Waals surface area contributed by atoms with Gasteiger partial charge in [0.05, 0.1) is 29.1 Å². The number of carbonyl (C=O) groups excluding carboxylic acids is 2. The molecule has 140 valence electrons. The molecule has 1 aromatic heterocycles. The van der Waals surface area contributed by atoms with Crippen molar-refractivity contribution in [3.8, 4) is 0 Å². The summed E-state index contributed by atoms with van der Waals surface area (Å²) in [7, 11) is 0. The Morgan fingerprint density at radius 1 is 1.26 bits per heavy atom. The predicted molar refractivity (Wildman–Crippen MR) is 99.1 cm³/mol. The molecule has 1 N–H and O–H groups in total. The molecule has 1 aliphatic heterocycles. The molecule has 0 unspecified atom stereocenters. The number of hydrogen-bond acceptors (Lipinski definition) is 6. The van der Waals surface area contributed by atoms with Crippen LogP contribution in [0.1, 0.15) is 17.8 Å². The van der Waals surface area contributed by atoms with Crippen molar-refractivity contribution in [1.29, 1.82) is 0 Å². The van der Waals surface area contributed by atoms with Crippen LogP contribution < -0.4 is 15.3 Å². The smallest absolute Gasteiger partial charge is 0.253 e. The molecule has 2 heterocycles. The van der Waals surface area contributed by atoms with Crippen LogP contribution in [0.15, 0.2) is 29.3 Å². The number of halogens is 2. The standard InChI is InChI=1S/C17H15Cl2N5O3/c1-8-5-9(2)21-16(20-8)23-17-22-14(25)7-13(15(26)27)24(17)12-4-3-10(18)6-11(12)19/h3-6,13H,7H2,1-2H3,(H,26,27)(H,20,21,22,23,25)/p-1/t13-/m0/s1. The lowest BCUT2D eigenvalue weighted by Gasteiger charge is -2.38. The molecule has 1 amide bonds. The Labute approximate surface area is 164 Å². The first-order valence-electron chi connectivity index (χ1n) is 7.90. The lowest BCUT2D eigenvalue weighted by molar-refractivity contribution is -0.307. The number of aromatic nitrogens is 2. The lowest BCUT2D eigenvalue weighted by atomic mass is 10.1. The molecule has 10 heteroatoms. The van der Waals surface area contributed by atoms with Crippen molar-refractivity contribution in [1.82, 2.24) is 15.3 Å². The summed E-state index contributed by atoms with van der Waals surface area (Å²) in [6, 6.07) is 5.02. The van der Waals surface area contributed by atoms with E-state index in [1.165, 1.54) is 17.0 Å². The summed E-state index contributed by atoms with van der Waals surface area (Å²) in [6.07, 6.45) is -0.325. The van der Waals surface area contributed by atoms with E-state index in [9.17, 15) is 14.7 Å². The van der Waals surface area contributed by atoms with Gasteiger partial charge in [-0.2, -0.15) is 4.99 Å². The number of aliphatic imine (C=N–C) groups is 1. The first kappa shape index (κ1) is 19.1. The Balaban J connectivity index is 2.16. The number of carbonyl (C=O) groups is 2. The first-order chi connectivity index (χ1) is 12.7. The number of rotatable bonds is 3. The van der Waals surface area contributed by atoms with Crippen LogP contribution in [0.3, 0.4) is 0 Å². The SMILES string of the molecule is Cc1cc(C)nc(/N=C2\NC(=O)C[C@@H](C(=O)[O-])N2c2ccc(Cl)cc2Cl)n1. The van der Waals surface area contributed by atoms with Gasteiger partial charge in [-0.05, 0) is 38.1 Å². The fourth-order valence-corrected chi connectivity index (χ4v) is 3.23. The topological polar surface area (TPSA) is 111 Å². The summed E-state index contributed by atoms with van der Waals surface area (Å²) in [5, 5.41) is 14.8. The molecular formula is C17H14Cl2N5O3-. The molecule has 3 rings (SSSR count). The van der Waals surface area contributed by atoms with E-state index in [0.29, 0.717) is 22.1 Å². The maximum atomic E-state index is 12.0. The molecule has 27 heavy (non-hydrogen) atoms. The molecule has 2 aromatic rings. The van der Waals surface area contributed by atoms with E-state index < -0.39 is 17.9 Å². The number of aliphatic carboxylic acids is 1. The van der Waals surface area contributed by atoms with Gasteiger partial charge in [0.1, 0.15) is 0 Å². The highest BCUT2D eigenvalue weighted by molar-refractivity contribution is 6.37. The summed E-state index contributed by atoms with van der Waals surface area (Å²) in [4.78, 5) is 37.6. The summed E-state index contributed by atoms with van der Waals surface area (Å²) in [5.41, 5.74) is 1.66. The molecule has 0 aliphatic carbocycles. The molecule has 1 saturated heterocycles. The fourth-order valence-electron chi connectivity index (χ4n) is 2.73. The third-order valence-corrected chi connectivity index (χ3v) is 4.33. The molecule has 1 aliphatic rings. The van der Waals surface area contributed by atoms with Crippen molar-refractivity contribution >= 4 is 52.7 Å². The third kappa shape index (κ3) is 4.17. The average Bonchev–Trinajstić information content (AvgIpc) is 2.54. The normalized spacial score (nSPS) is 18.5.